The fourth-order valence-electron chi connectivity index (χ4n) is 3.58. The maximum atomic E-state index is 12.4. The summed E-state index contributed by atoms with van der Waals surface area (Å²) < 4.78 is 5.81. The summed E-state index contributed by atoms with van der Waals surface area (Å²) in [4.78, 5) is 14.3. The number of nitrogens with zero attached hydrogens (tertiary/aromatic N) is 1. The molecule has 27 heavy (non-hydrogen) atoms. The molecule has 0 saturated carbocycles. The van der Waals surface area contributed by atoms with E-state index in [4.69, 9.17) is 4.74 Å². The average Bonchev–Trinajstić information content (AvgIpc) is 2.69. The lowest BCUT2D eigenvalue weighted by atomic mass is 9.90. The van der Waals surface area contributed by atoms with Crippen molar-refractivity contribution in [3.8, 4) is 5.75 Å². The van der Waals surface area contributed by atoms with Crippen LogP contribution in [-0.2, 0) is 6.42 Å². The molecule has 1 fully saturated rings. The molecule has 0 atom stereocenters. The van der Waals surface area contributed by atoms with Crippen molar-refractivity contribution in [1.29, 1.82) is 0 Å². The van der Waals surface area contributed by atoms with Gasteiger partial charge in [0.05, 0.1) is 6.54 Å². The highest BCUT2D eigenvalue weighted by atomic mass is 16.5. The molecule has 0 unspecified atom stereocenters. The quantitative estimate of drug-likeness (QED) is 0.773. The fourth-order valence-corrected chi connectivity index (χ4v) is 3.58. The zero-order valence-electron chi connectivity index (χ0n) is 16.4. The van der Waals surface area contributed by atoms with Crippen LogP contribution < -0.4 is 10.1 Å². The predicted molar refractivity (Wildman–Crippen MR) is 109 cm³/mol. The van der Waals surface area contributed by atoms with Gasteiger partial charge in [-0.25, -0.2) is 4.79 Å². The van der Waals surface area contributed by atoms with Crippen LogP contribution in [0.4, 0.5) is 4.79 Å². The molecule has 1 N–H and O–H groups in total. The summed E-state index contributed by atoms with van der Waals surface area (Å²) in [6.07, 6.45) is 3.25. The second kappa shape index (κ2) is 9.45. The standard InChI is InChI=1S/C23H30N2O2/c1-18-8-9-19(2)22(16-18)27-15-12-24-23(26)25-13-10-21(11-14-25)17-20-6-4-3-5-7-20/h3-9,16,21H,10-15,17H2,1-2H3,(H,24,26). The van der Waals surface area contributed by atoms with Crippen molar-refractivity contribution < 1.29 is 9.53 Å². The van der Waals surface area contributed by atoms with E-state index < -0.39 is 0 Å². The van der Waals surface area contributed by atoms with Gasteiger partial charge in [0.1, 0.15) is 12.4 Å². The Bertz CT molecular complexity index is 737. The van der Waals surface area contributed by atoms with Crippen LogP contribution in [0.1, 0.15) is 29.5 Å². The van der Waals surface area contributed by atoms with Crippen molar-refractivity contribution >= 4 is 6.03 Å². The Morgan fingerprint density at radius 2 is 1.85 bits per heavy atom. The summed E-state index contributed by atoms with van der Waals surface area (Å²) in [5, 5.41) is 2.98. The van der Waals surface area contributed by atoms with Gasteiger partial charge in [0.15, 0.2) is 0 Å². The molecule has 0 aliphatic carbocycles. The molecule has 2 amide bonds. The van der Waals surface area contributed by atoms with Crippen LogP contribution in [-0.4, -0.2) is 37.2 Å². The summed E-state index contributed by atoms with van der Waals surface area (Å²) in [6, 6.07) is 16.8. The van der Waals surface area contributed by atoms with Crippen molar-refractivity contribution in [2.75, 3.05) is 26.2 Å². The summed E-state index contributed by atoms with van der Waals surface area (Å²) >= 11 is 0. The van der Waals surface area contributed by atoms with E-state index in [1.807, 2.05) is 17.9 Å². The minimum absolute atomic E-state index is 0.0257. The van der Waals surface area contributed by atoms with Gasteiger partial charge in [-0.15, -0.1) is 0 Å². The van der Waals surface area contributed by atoms with Crippen molar-refractivity contribution in [3.05, 3.63) is 65.2 Å². The van der Waals surface area contributed by atoms with Gasteiger partial charge in [-0.05, 0) is 61.8 Å². The fraction of sp³-hybridized carbons (Fsp3) is 0.435. The summed E-state index contributed by atoms with van der Waals surface area (Å²) in [7, 11) is 0. The van der Waals surface area contributed by atoms with Gasteiger partial charge in [-0.3, -0.25) is 0 Å². The lowest BCUT2D eigenvalue weighted by Crippen LogP contribution is -2.45. The third kappa shape index (κ3) is 5.75. The minimum atomic E-state index is 0.0257. The Kier molecular flexibility index (Phi) is 6.74. The van der Waals surface area contributed by atoms with Crippen LogP contribution in [0, 0.1) is 19.8 Å². The highest BCUT2D eigenvalue weighted by Gasteiger charge is 2.22. The van der Waals surface area contributed by atoms with Crippen LogP contribution in [0.2, 0.25) is 0 Å². The molecular formula is C23H30N2O2. The molecule has 0 bridgehead atoms. The minimum Gasteiger partial charge on any atom is -0.491 e. The van der Waals surface area contributed by atoms with E-state index in [0.717, 1.165) is 43.7 Å². The average molecular weight is 367 g/mol. The molecule has 2 aromatic rings. The number of likely N-dealkylation sites (tertiary alicyclic amines) is 1. The second-order valence-electron chi connectivity index (χ2n) is 7.47. The van der Waals surface area contributed by atoms with Crippen molar-refractivity contribution in [2.45, 2.75) is 33.1 Å². The predicted octanol–water partition coefficient (Wildman–Crippen LogP) is 4.35. The number of aryl methyl sites for hydroxylation is 2. The topological polar surface area (TPSA) is 41.6 Å². The molecule has 1 aliphatic heterocycles. The molecule has 2 aromatic carbocycles. The number of rotatable bonds is 6. The van der Waals surface area contributed by atoms with Crippen molar-refractivity contribution in [3.63, 3.8) is 0 Å². The van der Waals surface area contributed by atoms with Crippen LogP contribution in [0.15, 0.2) is 48.5 Å². The largest absolute Gasteiger partial charge is 0.491 e. The third-order valence-electron chi connectivity index (χ3n) is 5.25. The van der Waals surface area contributed by atoms with Gasteiger partial charge in [0, 0.05) is 13.1 Å². The normalized spacial score (nSPS) is 14.8. The number of benzene rings is 2. The van der Waals surface area contributed by atoms with Crippen molar-refractivity contribution in [2.24, 2.45) is 5.92 Å². The maximum absolute atomic E-state index is 12.4. The lowest BCUT2D eigenvalue weighted by Gasteiger charge is -2.32. The SMILES string of the molecule is Cc1ccc(C)c(OCCNC(=O)N2CCC(Cc3ccccc3)CC2)c1. The number of urea groups is 1. The molecule has 1 aliphatic rings. The zero-order valence-corrected chi connectivity index (χ0v) is 16.4. The molecular weight excluding hydrogens is 336 g/mol. The van der Waals surface area contributed by atoms with Gasteiger partial charge in [-0.2, -0.15) is 0 Å². The maximum Gasteiger partial charge on any atom is 0.317 e. The van der Waals surface area contributed by atoms with Gasteiger partial charge < -0.3 is 15.0 Å². The molecule has 4 heteroatoms. The van der Waals surface area contributed by atoms with E-state index in [1.54, 1.807) is 0 Å². The summed E-state index contributed by atoms with van der Waals surface area (Å²) in [6.45, 7) is 6.77. The van der Waals surface area contributed by atoms with Crippen LogP contribution in [0.25, 0.3) is 0 Å². The molecule has 0 aromatic heterocycles. The van der Waals surface area contributed by atoms with E-state index in [-0.39, 0.29) is 6.03 Å². The Hall–Kier alpha value is -2.49. The first-order valence-electron chi connectivity index (χ1n) is 9.88. The second-order valence-corrected chi connectivity index (χ2v) is 7.47. The van der Waals surface area contributed by atoms with E-state index in [2.05, 4.69) is 54.7 Å². The molecule has 1 heterocycles. The first-order chi connectivity index (χ1) is 13.1. The smallest absolute Gasteiger partial charge is 0.317 e. The van der Waals surface area contributed by atoms with Crippen molar-refractivity contribution in [1.82, 2.24) is 10.2 Å². The van der Waals surface area contributed by atoms with Gasteiger partial charge in [0.2, 0.25) is 0 Å². The Labute approximate surface area is 162 Å². The molecule has 4 nitrogen and oxygen atoms in total. The number of hydrogen-bond acceptors (Lipinski definition) is 2. The molecule has 0 radical (unpaired) electrons. The van der Waals surface area contributed by atoms with E-state index in [0.29, 0.717) is 19.1 Å². The number of hydrogen-bond donors (Lipinski definition) is 1. The van der Waals surface area contributed by atoms with Gasteiger partial charge in [0.25, 0.3) is 0 Å². The van der Waals surface area contributed by atoms with Crippen LogP contribution >= 0.6 is 0 Å². The Morgan fingerprint density at radius 3 is 2.59 bits per heavy atom. The van der Waals surface area contributed by atoms with E-state index in [1.165, 1.54) is 11.1 Å². The number of piperidine rings is 1. The van der Waals surface area contributed by atoms with E-state index in [9.17, 15) is 4.79 Å². The number of carbonyl (C=O) groups excluding carboxylic acids is 1. The Morgan fingerprint density at radius 1 is 1.11 bits per heavy atom. The van der Waals surface area contributed by atoms with Crippen LogP contribution in [0.3, 0.4) is 0 Å². The molecule has 1 saturated heterocycles. The van der Waals surface area contributed by atoms with Crippen LogP contribution in [0.5, 0.6) is 5.75 Å². The first-order valence-corrected chi connectivity index (χ1v) is 9.88. The number of amides is 2. The highest BCUT2D eigenvalue weighted by molar-refractivity contribution is 5.74. The van der Waals surface area contributed by atoms with Gasteiger partial charge >= 0.3 is 6.03 Å². The third-order valence-corrected chi connectivity index (χ3v) is 5.25. The summed E-state index contributed by atoms with van der Waals surface area (Å²) in [5.41, 5.74) is 3.69. The summed E-state index contributed by atoms with van der Waals surface area (Å²) in [5.74, 6) is 1.56. The lowest BCUT2D eigenvalue weighted by molar-refractivity contribution is 0.168. The monoisotopic (exact) mass is 366 g/mol. The molecule has 0 spiro atoms. The number of ether oxygens (including phenoxy) is 1. The number of nitrogens with one attached hydrogen (secondary N) is 1. The molecule has 3 rings (SSSR count). The van der Waals surface area contributed by atoms with Gasteiger partial charge in [-0.1, -0.05) is 42.5 Å². The Balaban J connectivity index is 1.35. The van der Waals surface area contributed by atoms with E-state index >= 15 is 0 Å². The number of carbonyl (C=O) groups is 1. The molecule has 144 valence electrons. The first kappa shape index (κ1) is 19.3. The zero-order chi connectivity index (χ0) is 19.1. The highest BCUT2D eigenvalue weighted by Crippen LogP contribution is 2.22.